The highest BCUT2D eigenvalue weighted by Crippen LogP contribution is 2.22. The predicted octanol–water partition coefficient (Wildman–Crippen LogP) is 7.05. The average Bonchev–Trinajstić information content (AvgIpc) is 3.09. The number of ether oxygens (including phenoxy) is 4. The van der Waals surface area contributed by atoms with Gasteiger partial charge in [-0.2, -0.15) is 0 Å². The standard InChI is InChI=1S/C36H42N4O6/c1-5-29(6-2)45-33(41)15-11-9-13-25-43-31-21-17-27(18-22-31)35-37-39-36(40-38-35)28-19-23-32(24-20-28)44-26-14-10-12-16-34(42)46-30(7-3)8-4/h5-8,17-24,29-30H,1-4,9-16,25-26H2. The summed E-state index contributed by atoms with van der Waals surface area (Å²) in [6.07, 6.45) is 10.8. The summed E-state index contributed by atoms with van der Waals surface area (Å²) in [7, 11) is 0. The zero-order chi connectivity index (χ0) is 33.0. The van der Waals surface area contributed by atoms with Crippen molar-refractivity contribution in [2.75, 3.05) is 13.2 Å². The summed E-state index contributed by atoms with van der Waals surface area (Å²) in [5.41, 5.74) is 1.54. The molecule has 0 N–H and O–H groups in total. The van der Waals surface area contributed by atoms with Crippen molar-refractivity contribution in [2.45, 2.75) is 63.6 Å². The lowest BCUT2D eigenvalue weighted by molar-refractivity contribution is -0.146. The molecule has 0 fully saturated rings. The fraction of sp³-hybridized carbons (Fsp3) is 0.333. The van der Waals surface area contributed by atoms with E-state index in [-0.39, 0.29) is 11.9 Å². The normalized spacial score (nSPS) is 10.7. The Morgan fingerprint density at radius 2 is 0.891 bits per heavy atom. The number of nitrogens with zero attached hydrogens (tertiary/aromatic N) is 4. The van der Waals surface area contributed by atoms with Crippen molar-refractivity contribution in [1.82, 2.24) is 20.4 Å². The van der Waals surface area contributed by atoms with E-state index in [0.29, 0.717) is 37.7 Å². The minimum Gasteiger partial charge on any atom is -0.494 e. The van der Waals surface area contributed by atoms with Crippen LogP contribution in [0.15, 0.2) is 99.2 Å². The van der Waals surface area contributed by atoms with E-state index in [0.717, 1.165) is 61.2 Å². The maximum absolute atomic E-state index is 11.8. The maximum atomic E-state index is 11.8. The largest absolute Gasteiger partial charge is 0.494 e. The maximum Gasteiger partial charge on any atom is 0.306 e. The van der Waals surface area contributed by atoms with Gasteiger partial charge in [0.2, 0.25) is 11.6 Å². The Morgan fingerprint density at radius 3 is 1.22 bits per heavy atom. The number of hydrogen-bond donors (Lipinski definition) is 0. The first-order valence-corrected chi connectivity index (χ1v) is 15.4. The third-order valence-electron chi connectivity index (χ3n) is 6.76. The average molecular weight is 627 g/mol. The van der Waals surface area contributed by atoms with E-state index in [1.165, 1.54) is 24.3 Å². The third kappa shape index (κ3) is 12.5. The lowest BCUT2D eigenvalue weighted by atomic mass is 10.2. The lowest BCUT2D eigenvalue weighted by Crippen LogP contribution is -2.13. The molecule has 10 heteroatoms. The molecule has 0 radical (unpaired) electrons. The van der Waals surface area contributed by atoms with Gasteiger partial charge < -0.3 is 18.9 Å². The molecule has 0 bridgehead atoms. The second-order valence-corrected chi connectivity index (χ2v) is 10.3. The van der Waals surface area contributed by atoms with Crippen LogP contribution in [0, 0.1) is 0 Å². The van der Waals surface area contributed by atoms with E-state index in [2.05, 4.69) is 46.7 Å². The molecule has 3 aromatic rings. The molecular formula is C36H42N4O6. The van der Waals surface area contributed by atoms with E-state index in [1.807, 2.05) is 48.5 Å². The van der Waals surface area contributed by atoms with Crippen LogP contribution in [0.5, 0.6) is 11.5 Å². The van der Waals surface area contributed by atoms with Gasteiger partial charge in [-0.1, -0.05) is 26.3 Å². The summed E-state index contributed by atoms with van der Waals surface area (Å²) in [6.45, 7) is 15.5. The number of rotatable bonds is 22. The van der Waals surface area contributed by atoms with Gasteiger partial charge in [0.05, 0.1) is 13.2 Å². The summed E-state index contributed by atoms with van der Waals surface area (Å²) in [6, 6.07) is 14.8. The van der Waals surface area contributed by atoms with Crippen molar-refractivity contribution < 1.29 is 28.5 Å². The fourth-order valence-corrected chi connectivity index (χ4v) is 4.14. The van der Waals surface area contributed by atoms with E-state index in [4.69, 9.17) is 18.9 Å². The molecule has 3 rings (SSSR count). The quantitative estimate of drug-likeness (QED) is 0.0651. The first-order valence-electron chi connectivity index (χ1n) is 15.4. The molecule has 0 unspecified atom stereocenters. The van der Waals surface area contributed by atoms with E-state index >= 15 is 0 Å². The van der Waals surface area contributed by atoms with E-state index in [1.54, 1.807) is 0 Å². The molecular weight excluding hydrogens is 584 g/mol. The van der Waals surface area contributed by atoms with Gasteiger partial charge in [0, 0.05) is 24.0 Å². The lowest BCUT2D eigenvalue weighted by Gasteiger charge is -2.10. The number of hydrogen-bond acceptors (Lipinski definition) is 10. The van der Waals surface area contributed by atoms with Crippen molar-refractivity contribution >= 4 is 11.9 Å². The fourth-order valence-electron chi connectivity index (χ4n) is 4.14. The third-order valence-corrected chi connectivity index (χ3v) is 6.76. The monoisotopic (exact) mass is 626 g/mol. The van der Waals surface area contributed by atoms with Gasteiger partial charge in [-0.15, -0.1) is 20.4 Å². The molecule has 1 aromatic heterocycles. The number of carbonyl (C=O) groups excluding carboxylic acids is 2. The molecule has 0 aliphatic rings. The number of carbonyl (C=O) groups is 2. The Morgan fingerprint density at radius 1 is 0.543 bits per heavy atom. The second kappa shape index (κ2) is 20.0. The van der Waals surface area contributed by atoms with Gasteiger partial charge >= 0.3 is 11.9 Å². The van der Waals surface area contributed by atoms with Crippen LogP contribution in [0.4, 0.5) is 0 Å². The van der Waals surface area contributed by atoms with Crippen molar-refractivity contribution in [2.24, 2.45) is 0 Å². The summed E-state index contributed by atoms with van der Waals surface area (Å²) in [4.78, 5) is 23.6. The Hall–Kier alpha value is -5.12. The van der Waals surface area contributed by atoms with Crippen molar-refractivity contribution in [3.8, 4) is 34.3 Å². The zero-order valence-corrected chi connectivity index (χ0v) is 26.2. The number of aromatic nitrogens is 4. The molecule has 0 atom stereocenters. The minimum absolute atomic E-state index is 0.257. The van der Waals surface area contributed by atoms with Crippen LogP contribution in [0.1, 0.15) is 51.4 Å². The molecule has 0 saturated heterocycles. The van der Waals surface area contributed by atoms with Gasteiger partial charge in [-0.25, -0.2) is 0 Å². The highest BCUT2D eigenvalue weighted by atomic mass is 16.5. The Kier molecular flexibility index (Phi) is 15.4. The Balaban J connectivity index is 1.34. The second-order valence-electron chi connectivity index (χ2n) is 10.3. The molecule has 0 aliphatic heterocycles. The first kappa shape index (κ1) is 35.4. The van der Waals surface area contributed by atoms with Crippen LogP contribution in [0.2, 0.25) is 0 Å². The van der Waals surface area contributed by atoms with Gasteiger partial charge in [0.25, 0.3) is 0 Å². The minimum atomic E-state index is -0.443. The van der Waals surface area contributed by atoms with E-state index in [9.17, 15) is 9.59 Å². The number of benzene rings is 2. The summed E-state index contributed by atoms with van der Waals surface area (Å²) in [5.74, 6) is 1.77. The zero-order valence-electron chi connectivity index (χ0n) is 26.2. The van der Waals surface area contributed by atoms with Gasteiger partial charge in [0.15, 0.2) is 0 Å². The Bertz CT molecular complexity index is 1280. The smallest absolute Gasteiger partial charge is 0.306 e. The predicted molar refractivity (Wildman–Crippen MR) is 177 cm³/mol. The van der Waals surface area contributed by atoms with Crippen molar-refractivity contribution in [3.63, 3.8) is 0 Å². The van der Waals surface area contributed by atoms with Crippen LogP contribution >= 0.6 is 0 Å². The molecule has 0 saturated carbocycles. The van der Waals surface area contributed by atoms with Crippen LogP contribution in [-0.4, -0.2) is 57.8 Å². The number of esters is 2. The molecule has 242 valence electrons. The SMILES string of the molecule is C=CC(C=C)OC(=O)CCCCCOc1ccc(-c2nnc(-c3ccc(OCCCCCC(=O)OC(C=C)C=C)cc3)nn2)cc1. The molecule has 0 spiro atoms. The summed E-state index contributed by atoms with van der Waals surface area (Å²) < 4.78 is 22.0. The van der Waals surface area contributed by atoms with Gasteiger partial charge in [-0.3, -0.25) is 9.59 Å². The van der Waals surface area contributed by atoms with Crippen molar-refractivity contribution in [3.05, 3.63) is 99.2 Å². The Labute approximate surface area is 270 Å². The van der Waals surface area contributed by atoms with Crippen LogP contribution in [-0.2, 0) is 19.1 Å². The molecule has 46 heavy (non-hydrogen) atoms. The summed E-state index contributed by atoms with van der Waals surface area (Å²) in [5, 5.41) is 17.0. The van der Waals surface area contributed by atoms with Gasteiger partial charge in [-0.05, 0) is 111 Å². The van der Waals surface area contributed by atoms with Crippen molar-refractivity contribution in [1.29, 1.82) is 0 Å². The van der Waals surface area contributed by atoms with Crippen LogP contribution in [0.25, 0.3) is 22.8 Å². The molecule has 0 aliphatic carbocycles. The van der Waals surface area contributed by atoms with E-state index < -0.39 is 12.2 Å². The molecule has 10 nitrogen and oxygen atoms in total. The van der Waals surface area contributed by atoms with Crippen LogP contribution < -0.4 is 9.47 Å². The topological polar surface area (TPSA) is 123 Å². The summed E-state index contributed by atoms with van der Waals surface area (Å²) >= 11 is 0. The first-order chi connectivity index (χ1) is 22.4. The number of unbranched alkanes of at least 4 members (excludes halogenated alkanes) is 4. The van der Waals surface area contributed by atoms with Gasteiger partial charge in [0.1, 0.15) is 23.7 Å². The highest BCUT2D eigenvalue weighted by molar-refractivity contribution is 5.70. The molecule has 0 amide bonds. The molecule has 1 heterocycles. The van der Waals surface area contributed by atoms with Crippen LogP contribution in [0.3, 0.4) is 0 Å². The highest BCUT2D eigenvalue weighted by Gasteiger charge is 2.10. The molecule has 2 aromatic carbocycles.